The molecule has 0 atom stereocenters. The van der Waals surface area contributed by atoms with Gasteiger partial charge in [-0.2, -0.15) is 5.10 Å². The summed E-state index contributed by atoms with van der Waals surface area (Å²) in [6, 6.07) is 20.7. The van der Waals surface area contributed by atoms with E-state index < -0.39 is 0 Å². The lowest BCUT2D eigenvalue weighted by Crippen LogP contribution is -2.24. The van der Waals surface area contributed by atoms with E-state index in [2.05, 4.69) is 26.5 Å². The van der Waals surface area contributed by atoms with Gasteiger partial charge in [-0.25, -0.2) is 5.43 Å². The van der Waals surface area contributed by atoms with Crippen molar-refractivity contribution in [1.29, 1.82) is 0 Å². The number of aryl methyl sites for hydroxylation is 1. The maximum Gasteiger partial charge on any atom is 0.277 e. The number of nitrogens with one attached hydrogen (secondary N) is 1. The standard InChI is InChI=1S/C23H20BrClN2O3/c1-16-11-20(8-9-21(16)25)29-15-23(28)27-26-13-18-12-19(24)7-10-22(18)30-14-17-5-3-2-4-6-17/h2-13H,14-15H2,1H3,(H,27,28)/b26-13+. The topological polar surface area (TPSA) is 59.9 Å². The van der Waals surface area contributed by atoms with Crippen molar-refractivity contribution in [3.8, 4) is 11.5 Å². The van der Waals surface area contributed by atoms with Gasteiger partial charge in [0.1, 0.15) is 18.1 Å². The zero-order valence-corrected chi connectivity index (χ0v) is 18.6. The third-order valence-electron chi connectivity index (χ3n) is 4.10. The predicted molar refractivity (Wildman–Crippen MR) is 122 cm³/mol. The van der Waals surface area contributed by atoms with Crippen LogP contribution in [0.25, 0.3) is 0 Å². The maximum absolute atomic E-state index is 12.0. The Balaban J connectivity index is 1.56. The number of halogens is 2. The van der Waals surface area contributed by atoms with E-state index in [0.717, 1.165) is 21.2 Å². The first-order valence-electron chi connectivity index (χ1n) is 9.18. The molecule has 3 aromatic rings. The Morgan fingerprint density at radius 1 is 1.10 bits per heavy atom. The van der Waals surface area contributed by atoms with Gasteiger partial charge >= 0.3 is 0 Å². The summed E-state index contributed by atoms with van der Waals surface area (Å²) in [6.45, 7) is 2.15. The Kier molecular flexibility index (Phi) is 7.88. The molecule has 0 aromatic heterocycles. The van der Waals surface area contributed by atoms with E-state index in [0.29, 0.717) is 23.1 Å². The van der Waals surface area contributed by atoms with Gasteiger partial charge in [-0.15, -0.1) is 0 Å². The Hall–Kier alpha value is -2.83. The predicted octanol–water partition coefficient (Wildman–Crippen LogP) is 5.52. The molecule has 1 amide bonds. The molecule has 0 spiro atoms. The summed E-state index contributed by atoms with van der Waals surface area (Å²) in [5.41, 5.74) is 5.13. The Labute approximate surface area is 188 Å². The van der Waals surface area contributed by atoms with E-state index in [-0.39, 0.29) is 12.5 Å². The number of nitrogens with zero attached hydrogens (tertiary/aromatic N) is 1. The minimum Gasteiger partial charge on any atom is -0.488 e. The number of carbonyl (C=O) groups excluding carboxylic acids is 1. The first-order chi connectivity index (χ1) is 14.5. The molecule has 5 nitrogen and oxygen atoms in total. The summed E-state index contributed by atoms with van der Waals surface area (Å²) in [5.74, 6) is 0.855. The molecule has 0 saturated carbocycles. The van der Waals surface area contributed by atoms with Crippen LogP contribution in [-0.2, 0) is 11.4 Å². The minimum absolute atomic E-state index is 0.158. The fraction of sp³-hybridized carbons (Fsp3) is 0.130. The van der Waals surface area contributed by atoms with Gasteiger partial charge in [-0.05, 0) is 54.4 Å². The summed E-state index contributed by atoms with van der Waals surface area (Å²) >= 11 is 9.42. The summed E-state index contributed by atoms with van der Waals surface area (Å²) in [4.78, 5) is 12.0. The van der Waals surface area contributed by atoms with E-state index in [1.807, 2.05) is 55.5 Å². The molecule has 0 saturated heterocycles. The lowest BCUT2D eigenvalue weighted by Gasteiger charge is -2.10. The van der Waals surface area contributed by atoms with Crippen molar-refractivity contribution in [2.45, 2.75) is 13.5 Å². The fourth-order valence-corrected chi connectivity index (χ4v) is 3.05. The average molecular weight is 488 g/mol. The van der Waals surface area contributed by atoms with Crippen molar-refractivity contribution >= 4 is 39.7 Å². The molecule has 0 aliphatic carbocycles. The van der Waals surface area contributed by atoms with Crippen molar-refractivity contribution in [3.05, 3.63) is 92.9 Å². The number of carbonyl (C=O) groups is 1. The van der Waals surface area contributed by atoms with E-state index >= 15 is 0 Å². The van der Waals surface area contributed by atoms with E-state index in [1.165, 1.54) is 6.21 Å². The number of hydrogen-bond acceptors (Lipinski definition) is 4. The molecule has 0 unspecified atom stereocenters. The summed E-state index contributed by atoms with van der Waals surface area (Å²) < 4.78 is 12.2. The third kappa shape index (κ3) is 6.61. The fourth-order valence-electron chi connectivity index (χ4n) is 2.55. The van der Waals surface area contributed by atoms with Gasteiger partial charge in [0.2, 0.25) is 0 Å². The molecule has 7 heteroatoms. The van der Waals surface area contributed by atoms with Gasteiger partial charge in [0.15, 0.2) is 6.61 Å². The molecular weight excluding hydrogens is 468 g/mol. The van der Waals surface area contributed by atoms with Crippen LogP contribution < -0.4 is 14.9 Å². The molecule has 30 heavy (non-hydrogen) atoms. The van der Waals surface area contributed by atoms with Crippen molar-refractivity contribution in [3.63, 3.8) is 0 Å². The second-order valence-electron chi connectivity index (χ2n) is 6.45. The highest BCUT2D eigenvalue weighted by molar-refractivity contribution is 9.10. The number of ether oxygens (including phenoxy) is 2. The highest BCUT2D eigenvalue weighted by Crippen LogP contribution is 2.23. The van der Waals surface area contributed by atoms with Crippen molar-refractivity contribution < 1.29 is 14.3 Å². The maximum atomic E-state index is 12.0. The lowest BCUT2D eigenvalue weighted by molar-refractivity contribution is -0.123. The van der Waals surface area contributed by atoms with Crippen molar-refractivity contribution in [1.82, 2.24) is 5.43 Å². The summed E-state index contributed by atoms with van der Waals surface area (Å²) in [7, 11) is 0. The van der Waals surface area contributed by atoms with Crippen LogP contribution in [0.4, 0.5) is 0 Å². The van der Waals surface area contributed by atoms with Crippen molar-refractivity contribution in [2.24, 2.45) is 5.10 Å². The van der Waals surface area contributed by atoms with Gasteiger partial charge in [-0.1, -0.05) is 57.9 Å². The summed E-state index contributed by atoms with van der Waals surface area (Å²) in [6.07, 6.45) is 1.54. The Morgan fingerprint density at radius 2 is 1.90 bits per heavy atom. The molecule has 1 N–H and O–H groups in total. The highest BCUT2D eigenvalue weighted by Gasteiger charge is 2.06. The molecule has 0 bridgehead atoms. The molecular formula is C23H20BrClN2O3. The lowest BCUT2D eigenvalue weighted by atomic mass is 10.2. The molecule has 0 aliphatic heterocycles. The molecule has 3 aromatic carbocycles. The minimum atomic E-state index is -0.374. The monoisotopic (exact) mass is 486 g/mol. The number of rotatable bonds is 8. The SMILES string of the molecule is Cc1cc(OCC(=O)N/N=C/c2cc(Br)ccc2OCc2ccccc2)ccc1Cl. The van der Waals surface area contributed by atoms with Gasteiger partial charge < -0.3 is 9.47 Å². The average Bonchev–Trinajstić information content (AvgIpc) is 2.75. The second kappa shape index (κ2) is 10.8. The van der Waals surface area contributed by atoms with E-state index in [9.17, 15) is 4.79 Å². The van der Waals surface area contributed by atoms with Crippen LogP contribution in [-0.4, -0.2) is 18.7 Å². The molecule has 0 radical (unpaired) electrons. The number of hydrazone groups is 1. The van der Waals surface area contributed by atoms with Crippen LogP contribution in [0.15, 0.2) is 76.3 Å². The Morgan fingerprint density at radius 3 is 2.67 bits per heavy atom. The van der Waals surface area contributed by atoms with E-state index in [1.54, 1.807) is 18.2 Å². The Bertz CT molecular complexity index is 1040. The highest BCUT2D eigenvalue weighted by atomic mass is 79.9. The third-order valence-corrected chi connectivity index (χ3v) is 5.02. The van der Waals surface area contributed by atoms with Crippen LogP contribution in [0.1, 0.15) is 16.7 Å². The second-order valence-corrected chi connectivity index (χ2v) is 7.77. The number of benzene rings is 3. The zero-order valence-electron chi connectivity index (χ0n) is 16.3. The van der Waals surface area contributed by atoms with Crippen molar-refractivity contribution in [2.75, 3.05) is 6.61 Å². The first kappa shape index (κ1) is 21.9. The van der Waals surface area contributed by atoms with Gasteiger partial charge in [0, 0.05) is 15.1 Å². The number of amides is 1. The van der Waals surface area contributed by atoms with Crippen LogP contribution in [0.5, 0.6) is 11.5 Å². The van der Waals surface area contributed by atoms with Gasteiger partial charge in [0.05, 0.1) is 6.21 Å². The number of hydrogen-bond donors (Lipinski definition) is 1. The smallest absolute Gasteiger partial charge is 0.277 e. The van der Waals surface area contributed by atoms with Gasteiger partial charge in [-0.3, -0.25) is 4.79 Å². The molecule has 0 fully saturated rings. The van der Waals surface area contributed by atoms with Crippen LogP contribution in [0, 0.1) is 6.92 Å². The first-order valence-corrected chi connectivity index (χ1v) is 10.4. The normalized spacial score (nSPS) is 10.8. The molecule has 0 heterocycles. The molecule has 154 valence electrons. The largest absolute Gasteiger partial charge is 0.488 e. The van der Waals surface area contributed by atoms with E-state index in [4.69, 9.17) is 21.1 Å². The van der Waals surface area contributed by atoms with Crippen LogP contribution >= 0.6 is 27.5 Å². The van der Waals surface area contributed by atoms with Crippen LogP contribution in [0.2, 0.25) is 5.02 Å². The van der Waals surface area contributed by atoms with Crippen LogP contribution in [0.3, 0.4) is 0 Å². The zero-order chi connectivity index (χ0) is 21.3. The summed E-state index contributed by atoms with van der Waals surface area (Å²) in [5, 5.41) is 4.66. The quantitative estimate of drug-likeness (QED) is 0.336. The van der Waals surface area contributed by atoms with Gasteiger partial charge in [0.25, 0.3) is 5.91 Å². The molecule has 0 aliphatic rings. The molecule has 3 rings (SSSR count).